The third-order valence-corrected chi connectivity index (χ3v) is 5.09. The minimum atomic E-state index is -0.644. The van der Waals surface area contributed by atoms with Crippen LogP contribution in [0, 0.1) is 6.92 Å². The summed E-state index contributed by atoms with van der Waals surface area (Å²) in [7, 11) is 0. The Kier molecular flexibility index (Phi) is 5.64. The fraction of sp³-hybridized carbons (Fsp3) is 0.333. The minimum absolute atomic E-state index is 0.0343. The van der Waals surface area contributed by atoms with Gasteiger partial charge in [-0.15, -0.1) is 0 Å². The molecule has 6 nitrogen and oxygen atoms in total. The summed E-state index contributed by atoms with van der Waals surface area (Å²) in [6, 6.07) is 12.4. The second-order valence-corrected chi connectivity index (χ2v) is 7.09. The summed E-state index contributed by atoms with van der Waals surface area (Å²) in [5.41, 5.74) is 16.2. The van der Waals surface area contributed by atoms with Gasteiger partial charge >= 0.3 is 6.03 Å². The molecule has 0 saturated heterocycles. The molecule has 6 heteroatoms. The smallest absolute Gasteiger partial charge is 0.312 e. The molecular formula is C21H26N4O2. The predicted octanol–water partition coefficient (Wildman–Crippen LogP) is 2.87. The Labute approximate surface area is 159 Å². The maximum absolute atomic E-state index is 12.7. The number of hydrogen-bond donors (Lipinski definition) is 4. The maximum atomic E-state index is 12.7. The van der Waals surface area contributed by atoms with Crippen LogP contribution in [0.15, 0.2) is 42.5 Å². The van der Waals surface area contributed by atoms with Gasteiger partial charge < -0.3 is 22.1 Å². The Hall–Kier alpha value is -3.02. The van der Waals surface area contributed by atoms with Crippen LogP contribution in [0.3, 0.4) is 0 Å². The number of fused-ring (bicyclic) bond motifs is 1. The number of carbonyl (C=O) groups excluding carboxylic acids is 2. The molecule has 0 bridgehead atoms. The summed E-state index contributed by atoms with van der Waals surface area (Å²) in [6.45, 7) is 1.95. The number of amides is 3. The van der Waals surface area contributed by atoms with Crippen LogP contribution in [0.5, 0.6) is 0 Å². The van der Waals surface area contributed by atoms with E-state index in [0.717, 1.165) is 41.6 Å². The molecule has 2 atom stereocenters. The van der Waals surface area contributed by atoms with Crippen LogP contribution < -0.4 is 22.1 Å². The molecule has 0 spiro atoms. The SMILES string of the molecule is Cc1ccccc1C(CC(=O)NC1CCCc2cc(N)ccc21)NC(N)=O. The average Bonchev–Trinajstić information content (AvgIpc) is 2.61. The number of nitrogen functional groups attached to an aromatic ring is 1. The zero-order chi connectivity index (χ0) is 19.4. The van der Waals surface area contributed by atoms with Gasteiger partial charge in [-0.3, -0.25) is 4.79 Å². The molecular weight excluding hydrogens is 340 g/mol. The van der Waals surface area contributed by atoms with Gasteiger partial charge in [0.15, 0.2) is 0 Å². The molecule has 2 aromatic rings. The number of primary amides is 1. The fourth-order valence-electron chi connectivity index (χ4n) is 3.81. The van der Waals surface area contributed by atoms with E-state index >= 15 is 0 Å². The number of urea groups is 1. The molecule has 0 fully saturated rings. The molecule has 142 valence electrons. The topological polar surface area (TPSA) is 110 Å². The Balaban J connectivity index is 1.74. The Morgan fingerprint density at radius 3 is 2.74 bits per heavy atom. The van der Waals surface area contributed by atoms with E-state index < -0.39 is 12.1 Å². The molecule has 6 N–H and O–H groups in total. The lowest BCUT2D eigenvalue weighted by atomic mass is 9.87. The molecule has 3 amide bonds. The van der Waals surface area contributed by atoms with E-state index in [1.165, 1.54) is 5.56 Å². The van der Waals surface area contributed by atoms with E-state index in [1.54, 1.807) is 0 Å². The molecule has 0 saturated carbocycles. The Bertz CT molecular complexity index is 850. The summed E-state index contributed by atoms with van der Waals surface area (Å²) >= 11 is 0. The number of rotatable bonds is 5. The van der Waals surface area contributed by atoms with E-state index in [1.807, 2.05) is 49.4 Å². The summed E-state index contributed by atoms with van der Waals surface area (Å²) < 4.78 is 0. The molecule has 0 heterocycles. The molecule has 0 aliphatic heterocycles. The second-order valence-electron chi connectivity index (χ2n) is 7.09. The minimum Gasteiger partial charge on any atom is -0.399 e. The Morgan fingerprint density at radius 2 is 2.00 bits per heavy atom. The van der Waals surface area contributed by atoms with Crippen LogP contribution in [0.2, 0.25) is 0 Å². The summed E-state index contributed by atoms with van der Waals surface area (Å²) in [4.78, 5) is 24.2. The number of hydrogen-bond acceptors (Lipinski definition) is 3. The largest absolute Gasteiger partial charge is 0.399 e. The van der Waals surface area contributed by atoms with Gasteiger partial charge in [0, 0.05) is 5.69 Å². The van der Waals surface area contributed by atoms with Crippen molar-refractivity contribution in [2.75, 3.05) is 5.73 Å². The van der Waals surface area contributed by atoms with Crippen LogP contribution in [-0.4, -0.2) is 11.9 Å². The van der Waals surface area contributed by atoms with Crippen LogP contribution in [-0.2, 0) is 11.2 Å². The van der Waals surface area contributed by atoms with Crippen molar-refractivity contribution in [3.63, 3.8) is 0 Å². The van der Waals surface area contributed by atoms with Crippen molar-refractivity contribution >= 4 is 17.6 Å². The summed E-state index contributed by atoms with van der Waals surface area (Å²) in [6.07, 6.45) is 3.00. The third-order valence-electron chi connectivity index (χ3n) is 5.09. The highest BCUT2D eigenvalue weighted by atomic mass is 16.2. The van der Waals surface area contributed by atoms with E-state index in [9.17, 15) is 9.59 Å². The number of nitrogens with one attached hydrogen (secondary N) is 2. The molecule has 0 aromatic heterocycles. The van der Waals surface area contributed by atoms with Crippen molar-refractivity contribution in [2.45, 2.75) is 44.7 Å². The molecule has 2 aromatic carbocycles. The lowest BCUT2D eigenvalue weighted by Gasteiger charge is -2.28. The Morgan fingerprint density at radius 1 is 1.22 bits per heavy atom. The van der Waals surface area contributed by atoms with Crippen molar-refractivity contribution in [3.05, 3.63) is 64.7 Å². The first-order valence-electron chi connectivity index (χ1n) is 9.23. The highest BCUT2D eigenvalue weighted by Crippen LogP contribution is 2.31. The van der Waals surface area contributed by atoms with Gasteiger partial charge in [0.1, 0.15) is 0 Å². The lowest BCUT2D eigenvalue weighted by molar-refractivity contribution is -0.122. The molecule has 1 aliphatic carbocycles. The van der Waals surface area contributed by atoms with Crippen LogP contribution in [0.25, 0.3) is 0 Å². The quantitative estimate of drug-likeness (QED) is 0.611. The molecule has 0 radical (unpaired) electrons. The van der Waals surface area contributed by atoms with E-state index in [0.29, 0.717) is 0 Å². The van der Waals surface area contributed by atoms with E-state index in [-0.39, 0.29) is 18.4 Å². The van der Waals surface area contributed by atoms with Gasteiger partial charge in [0.05, 0.1) is 18.5 Å². The first kappa shape index (κ1) is 18.8. The molecule has 27 heavy (non-hydrogen) atoms. The first-order chi connectivity index (χ1) is 12.9. The summed E-state index contributed by atoms with van der Waals surface area (Å²) in [5.74, 6) is -0.119. The number of anilines is 1. The fourth-order valence-corrected chi connectivity index (χ4v) is 3.81. The van der Waals surface area contributed by atoms with Gasteiger partial charge in [-0.2, -0.15) is 0 Å². The van der Waals surface area contributed by atoms with Gasteiger partial charge in [-0.05, 0) is 60.6 Å². The predicted molar refractivity (Wildman–Crippen MR) is 106 cm³/mol. The number of carbonyl (C=O) groups is 2. The van der Waals surface area contributed by atoms with Crippen molar-refractivity contribution in [3.8, 4) is 0 Å². The number of nitrogens with two attached hydrogens (primary N) is 2. The molecule has 1 aliphatic rings. The monoisotopic (exact) mass is 366 g/mol. The van der Waals surface area contributed by atoms with Crippen LogP contribution in [0.1, 0.15) is 53.6 Å². The second kappa shape index (κ2) is 8.12. The van der Waals surface area contributed by atoms with E-state index in [2.05, 4.69) is 10.6 Å². The van der Waals surface area contributed by atoms with Crippen molar-refractivity contribution in [1.82, 2.24) is 10.6 Å². The highest BCUT2D eigenvalue weighted by molar-refractivity contribution is 5.79. The van der Waals surface area contributed by atoms with Crippen molar-refractivity contribution < 1.29 is 9.59 Å². The van der Waals surface area contributed by atoms with Gasteiger partial charge in [0.25, 0.3) is 0 Å². The number of benzene rings is 2. The molecule has 3 rings (SSSR count). The van der Waals surface area contributed by atoms with Crippen LogP contribution >= 0.6 is 0 Å². The zero-order valence-corrected chi connectivity index (χ0v) is 15.5. The van der Waals surface area contributed by atoms with Gasteiger partial charge in [-0.25, -0.2) is 4.79 Å². The molecule has 2 unspecified atom stereocenters. The zero-order valence-electron chi connectivity index (χ0n) is 15.5. The lowest BCUT2D eigenvalue weighted by Crippen LogP contribution is -2.38. The van der Waals surface area contributed by atoms with Gasteiger partial charge in [0.2, 0.25) is 5.91 Å². The highest BCUT2D eigenvalue weighted by Gasteiger charge is 2.24. The number of aryl methyl sites for hydroxylation is 2. The maximum Gasteiger partial charge on any atom is 0.312 e. The third kappa shape index (κ3) is 4.58. The summed E-state index contributed by atoms with van der Waals surface area (Å²) in [5, 5.41) is 5.81. The van der Waals surface area contributed by atoms with Crippen LogP contribution in [0.4, 0.5) is 10.5 Å². The first-order valence-corrected chi connectivity index (χ1v) is 9.23. The normalized spacial score (nSPS) is 16.9. The van der Waals surface area contributed by atoms with Crippen molar-refractivity contribution in [2.24, 2.45) is 5.73 Å². The van der Waals surface area contributed by atoms with E-state index in [4.69, 9.17) is 11.5 Å². The van der Waals surface area contributed by atoms with Gasteiger partial charge in [-0.1, -0.05) is 30.3 Å². The van der Waals surface area contributed by atoms with Crippen molar-refractivity contribution in [1.29, 1.82) is 0 Å². The average molecular weight is 366 g/mol. The standard InChI is InChI=1S/C21H26N4O2/c1-13-5-2-3-7-16(13)19(25-21(23)27)12-20(26)24-18-8-4-6-14-11-15(22)9-10-17(14)18/h2-3,5,7,9-11,18-19H,4,6,8,12,22H2,1H3,(H,24,26)(H3,23,25,27).